The SMILES string of the molecule is Cc1csc(-c2nnnn2CC(CC(C)C)C(=O)O)c1Cl. The molecule has 0 spiro atoms. The van der Waals surface area contributed by atoms with Crippen LogP contribution in [0, 0.1) is 18.8 Å². The van der Waals surface area contributed by atoms with Crippen LogP contribution in [-0.2, 0) is 11.3 Å². The van der Waals surface area contributed by atoms with E-state index in [0.29, 0.717) is 23.2 Å². The summed E-state index contributed by atoms with van der Waals surface area (Å²) in [6.45, 7) is 6.14. The lowest BCUT2D eigenvalue weighted by molar-refractivity contribution is -0.142. The fourth-order valence-electron chi connectivity index (χ4n) is 2.10. The summed E-state index contributed by atoms with van der Waals surface area (Å²) < 4.78 is 1.53. The first-order valence-corrected chi connectivity index (χ1v) is 7.88. The van der Waals surface area contributed by atoms with Crippen molar-refractivity contribution in [1.29, 1.82) is 0 Å². The number of thiophene rings is 1. The summed E-state index contributed by atoms with van der Waals surface area (Å²) in [7, 11) is 0. The molecular weight excluding hydrogens is 312 g/mol. The fourth-order valence-corrected chi connectivity index (χ4v) is 3.37. The molecule has 1 atom stereocenters. The minimum absolute atomic E-state index is 0.239. The molecule has 0 fully saturated rings. The Morgan fingerprint density at radius 1 is 1.52 bits per heavy atom. The van der Waals surface area contributed by atoms with E-state index in [1.807, 2.05) is 26.2 Å². The lowest BCUT2D eigenvalue weighted by Crippen LogP contribution is -2.23. The molecule has 0 saturated heterocycles. The zero-order valence-electron chi connectivity index (χ0n) is 12.1. The number of hydrogen-bond donors (Lipinski definition) is 1. The number of halogens is 1. The van der Waals surface area contributed by atoms with Gasteiger partial charge in [0.05, 0.1) is 22.4 Å². The lowest BCUT2D eigenvalue weighted by Gasteiger charge is -2.14. The second kappa shape index (κ2) is 6.53. The number of tetrazole rings is 1. The van der Waals surface area contributed by atoms with Crippen molar-refractivity contribution in [2.45, 2.75) is 33.7 Å². The van der Waals surface area contributed by atoms with Gasteiger partial charge in [-0.25, -0.2) is 4.68 Å². The molecule has 0 aromatic carbocycles. The first-order chi connectivity index (χ1) is 9.90. The topological polar surface area (TPSA) is 80.9 Å². The maximum Gasteiger partial charge on any atom is 0.308 e. The summed E-state index contributed by atoms with van der Waals surface area (Å²) in [6, 6.07) is 0. The first-order valence-electron chi connectivity index (χ1n) is 6.63. The number of carbonyl (C=O) groups is 1. The van der Waals surface area contributed by atoms with Crippen LogP contribution in [0.5, 0.6) is 0 Å². The highest BCUT2D eigenvalue weighted by Gasteiger charge is 2.23. The van der Waals surface area contributed by atoms with Crippen LogP contribution in [0.4, 0.5) is 0 Å². The van der Waals surface area contributed by atoms with Gasteiger partial charge in [0.1, 0.15) is 0 Å². The number of aromatic nitrogens is 4. The molecule has 2 rings (SSSR count). The summed E-state index contributed by atoms with van der Waals surface area (Å²) in [5, 5.41) is 23.4. The average Bonchev–Trinajstić information content (AvgIpc) is 2.97. The molecule has 1 N–H and O–H groups in total. The Morgan fingerprint density at radius 3 is 2.76 bits per heavy atom. The molecule has 21 heavy (non-hydrogen) atoms. The van der Waals surface area contributed by atoms with Gasteiger partial charge in [0.2, 0.25) is 0 Å². The number of carboxylic acid groups (broad SMARTS) is 1. The van der Waals surface area contributed by atoms with E-state index in [9.17, 15) is 9.90 Å². The van der Waals surface area contributed by atoms with Crippen LogP contribution < -0.4 is 0 Å². The van der Waals surface area contributed by atoms with Gasteiger partial charge < -0.3 is 5.11 Å². The third-order valence-corrected chi connectivity index (χ3v) is 4.83. The number of nitrogens with zero attached hydrogens (tertiary/aromatic N) is 4. The Balaban J connectivity index is 2.28. The summed E-state index contributed by atoms with van der Waals surface area (Å²) >= 11 is 7.70. The highest BCUT2D eigenvalue weighted by molar-refractivity contribution is 7.14. The Bertz CT molecular complexity index is 638. The Labute approximate surface area is 131 Å². The predicted molar refractivity (Wildman–Crippen MR) is 81.5 cm³/mol. The molecule has 8 heteroatoms. The van der Waals surface area contributed by atoms with Crippen molar-refractivity contribution in [2.75, 3.05) is 0 Å². The van der Waals surface area contributed by atoms with Crippen molar-refractivity contribution in [3.05, 3.63) is 16.0 Å². The van der Waals surface area contributed by atoms with E-state index in [1.54, 1.807) is 0 Å². The van der Waals surface area contributed by atoms with Gasteiger partial charge in [0.25, 0.3) is 0 Å². The molecule has 114 valence electrons. The largest absolute Gasteiger partial charge is 0.481 e. The van der Waals surface area contributed by atoms with Crippen LogP contribution in [-0.4, -0.2) is 31.3 Å². The van der Waals surface area contributed by atoms with Crippen LogP contribution in [0.15, 0.2) is 5.38 Å². The minimum Gasteiger partial charge on any atom is -0.481 e. The van der Waals surface area contributed by atoms with E-state index in [4.69, 9.17) is 11.6 Å². The zero-order valence-corrected chi connectivity index (χ0v) is 13.6. The molecular formula is C13H17ClN4O2S. The summed E-state index contributed by atoms with van der Waals surface area (Å²) in [5.74, 6) is -0.544. The van der Waals surface area contributed by atoms with Crippen LogP contribution in [0.1, 0.15) is 25.8 Å². The number of aliphatic carboxylic acids is 1. The molecule has 1 unspecified atom stereocenters. The molecule has 0 amide bonds. The van der Waals surface area contributed by atoms with Crippen molar-refractivity contribution in [2.24, 2.45) is 11.8 Å². The van der Waals surface area contributed by atoms with Gasteiger partial charge in [-0.3, -0.25) is 4.79 Å². The molecule has 0 aliphatic rings. The van der Waals surface area contributed by atoms with Gasteiger partial charge in [0.15, 0.2) is 5.82 Å². The van der Waals surface area contributed by atoms with Crippen LogP contribution >= 0.6 is 22.9 Å². The van der Waals surface area contributed by atoms with Crippen LogP contribution in [0.3, 0.4) is 0 Å². The average molecular weight is 329 g/mol. The molecule has 6 nitrogen and oxygen atoms in total. The van der Waals surface area contributed by atoms with Crippen molar-refractivity contribution < 1.29 is 9.90 Å². The highest BCUT2D eigenvalue weighted by atomic mass is 35.5. The van der Waals surface area contributed by atoms with E-state index in [1.165, 1.54) is 16.0 Å². The summed E-state index contributed by atoms with van der Waals surface area (Å²) in [4.78, 5) is 12.1. The van der Waals surface area contributed by atoms with E-state index in [2.05, 4.69) is 15.5 Å². The standard InChI is InChI=1S/C13H17ClN4O2S/c1-7(2)4-9(13(19)20)5-18-12(15-16-17-18)11-10(14)8(3)6-21-11/h6-7,9H,4-5H2,1-3H3,(H,19,20). The summed E-state index contributed by atoms with van der Waals surface area (Å²) in [5.41, 5.74) is 0.961. The maximum absolute atomic E-state index is 11.4. The normalized spacial score (nSPS) is 12.8. The van der Waals surface area contributed by atoms with Gasteiger partial charge in [0, 0.05) is 0 Å². The van der Waals surface area contributed by atoms with Gasteiger partial charge in [-0.1, -0.05) is 25.4 Å². The Kier molecular flexibility index (Phi) is 4.95. The quantitative estimate of drug-likeness (QED) is 0.881. The van der Waals surface area contributed by atoms with Crippen molar-refractivity contribution in [3.63, 3.8) is 0 Å². The predicted octanol–water partition coefficient (Wildman–Crippen LogP) is 3.11. The van der Waals surface area contributed by atoms with Gasteiger partial charge >= 0.3 is 5.97 Å². The summed E-state index contributed by atoms with van der Waals surface area (Å²) in [6.07, 6.45) is 0.575. The second-order valence-electron chi connectivity index (χ2n) is 5.41. The van der Waals surface area contributed by atoms with Crippen LogP contribution in [0.2, 0.25) is 5.02 Å². The first kappa shape index (κ1) is 15.9. The highest BCUT2D eigenvalue weighted by Crippen LogP contribution is 2.35. The molecule has 0 saturated carbocycles. The number of carboxylic acids is 1. The Morgan fingerprint density at radius 2 is 2.24 bits per heavy atom. The molecule has 2 aromatic rings. The monoisotopic (exact) mass is 328 g/mol. The molecule has 0 bridgehead atoms. The van der Waals surface area contributed by atoms with Crippen molar-refractivity contribution in [3.8, 4) is 10.7 Å². The Hall–Kier alpha value is -1.47. The zero-order chi connectivity index (χ0) is 15.6. The van der Waals surface area contributed by atoms with Crippen molar-refractivity contribution >= 4 is 28.9 Å². The van der Waals surface area contributed by atoms with Gasteiger partial charge in [-0.15, -0.1) is 16.4 Å². The van der Waals surface area contributed by atoms with E-state index in [0.717, 1.165) is 10.4 Å². The minimum atomic E-state index is -0.835. The fraction of sp³-hybridized carbons (Fsp3) is 0.538. The van der Waals surface area contributed by atoms with E-state index in [-0.39, 0.29) is 6.54 Å². The smallest absolute Gasteiger partial charge is 0.308 e. The molecule has 2 aromatic heterocycles. The number of hydrogen-bond acceptors (Lipinski definition) is 5. The molecule has 2 heterocycles. The third kappa shape index (κ3) is 3.59. The second-order valence-corrected chi connectivity index (χ2v) is 6.67. The van der Waals surface area contributed by atoms with Crippen LogP contribution in [0.25, 0.3) is 10.7 Å². The van der Waals surface area contributed by atoms with Gasteiger partial charge in [-0.05, 0) is 40.6 Å². The third-order valence-electron chi connectivity index (χ3n) is 3.13. The molecule has 0 aliphatic heterocycles. The van der Waals surface area contributed by atoms with Crippen molar-refractivity contribution in [1.82, 2.24) is 20.2 Å². The van der Waals surface area contributed by atoms with E-state index >= 15 is 0 Å². The molecule has 0 aliphatic carbocycles. The molecule has 0 radical (unpaired) electrons. The van der Waals surface area contributed by atoms with Gasteiger partial charge in [-0.2, -0.15) is 0 Å². The number of rotatable bonds is 6. The lowest BCUT2D eigenvalue weighted by atomic mass is 9.97. The number of aryl methyl sites for hydroxylation is 1. The van der Waals surface area contributed by atoms with E-state index < -0.39 is 11.9 Å². The maximum atomic E-state index is 11.4.